The van der Waals surface area contributed by atoms with Crippen LogP contribution in [-0.4, -0.2) is 28.0 Å². The Hall–Kier alpha value is -0.780. The summed E-state index contributed by atoms with van der Waals surface area (Å²) in [4.78, 5) is 11.6. The molecule has 1 fully saturated rings. The van der Waals surface area contributed by atoms with Crippen LogP contribution in [0.15, 0.2) is 17.0 Å². The molecular formula is C14H19N3S2. The molecule has 0 radical (unpaired) electrons. The number of thiazole rings is 2. The molecule has 3 heterocycles. The number of hydrogen-bond acceptors (Lipinski definition) is 5. The van der Waals surface area contributed by atoms with Crippen molar-refractivity contribution in [3.05, 3.63) is 32.7 Å². The zero-order valence-electron chi connectivity index (χ0n) is 11.4. The maximum Gasteiger partial charge on any atom is 0.0984 e. The average molecular weight is 293 g/mol. The third kappa shape index (κ3) is 2.88. The summed E-state index contributed by atoms with van der Waals surface area (Å²) < 4.78 is 0. The van der Waals surface area contributed by atoms with E-state index >= 15 is 0 Å². The number of rotatable bonds is 3. The molecule has 2 aromatic heterocycles. The molecule has 0 bridgehead atoms. The van der Waals surface area contributed by atoms with Crippen LogP contribution in [0.5, 0.6) is 0 Å². The molecule has 3 rings (SSSR count). The van der Waals surface area contributed by atoms with Gasteiger partial charge in [-0.3, -0.25) is 4.90 Å². The Morgan fingerprint density at radius 2 is 2.11 bits per heavy atom. The molecule has 0 spiro atoms. The van der Waals surface area contributed by atoms with Crippen molar-refractivity contribution in [3.63, 3.8) is 0 Å². The fourth-order valence-electron chi connectivity index (χ4n) is 2.65. The number of hydrogen-bond donors (Lipinski definition) is 0. The van der Waals surface area contributed by atoms with Crippen LogP contribution in [-0.2, 0) is 12.0 Å². The first-order valence-corrected chi connectivity index (χ1v) is 8.45. The van der Waals surface area contributed by atoms with Crippen molar-refractivity contribution in [2.45, 2.75) is 38.6 Å². The molecule has 3 nitrogen and oxygen atoms in total. The number of nitrogens with zero attached hydrogens (tertiary/aromatic N) is 3. The van der Waals surface area contributed by atoms with Crippen molar-refractivity contribution < 1.29 is 0 Å². The summed E-state index contributed by atoms with van der Waals surface area (Å²) in [6, 6.07) is 0. The molecule has 0 saturated carbocycles. The molecule has 0 aliphatic carbocycles. The average Bonchev–Trinajstić information content (AvgIpc) is 3.04. The first kappa shape index (κ1) is 13.2. The summed E-state index contributed by atoms with van der Waals surface area (Å²) in [6.45, 7) is 7.72. The summed E-state index contributed by atoms with van der Waals surface area (Å²) in [5.41, 5.74) is 1.50. The smallest absolute Gasteiger partial charge is 0.0984 e. The van der Waals surface area contributed by atoms with Crippen LogP contribution in [0.4, 0.5) is 0 Å². The molecule has 0 amide bonds. The minimum absolute atomic E-state index is 0.280. The molecule has 0 N–H and O–H groups in total. The maximum absolute atomic E-state index is 4.56. The van der Waals surface area contributed by atoms with E-state index in [1.54, 1.807) is 22.7 Å². The Morgan fingerprint density at radius 1 is 1.32 bits per heavy atom. The normalized spacial score (nSPS) is 19.7. The van der Waals surface area contributed by atoms with Gasteiger partial charge < -0.3 is 0 Å². The lowest BCUT2D eigenvalue weighted by Crippen LogP contribution is -2.40. The van der Waals surface area contributed by atoms with E-state index in [4.69, 9.17) is 0 Å². The lowest BCUT2D eigenvalue weighted by Gasteiger charge is -2.37. The topological polar surface area (TPSA) is 29.0 Å². The lowest BCUT2D eigenvalue weighted by molar-refractivity contribution is 0.160. The molecular weight excluding hydrogens is 274 g/mol. The number of aryl methyl sites for hydroxylation is 1. The largest absolute Gasteiger partial charge is 0.297 e. The second-order valence-corrected chi connectivity index (χ2v) is 7.49. The van der Waals surface area contributed by atoms with E-state index in [9.17, 15) is 0 Å². The number of aromatic nitrogens is 2. The summed E-state index contributed by atoms with van der Waals surface area (Å²) in [5, 5.41) is 6.74. The molecule has 0 aromatic carbocycles. The SMILES string of the molecule is Cc1nc(CN2CCC(C)(c3nccs3)CC2)cs1. The Morgan fingerprint density at radius 3 is 2.68 bits per heavy atom. The fourth-order valence-corrected chi connectivity index (χ4v) is 4.11. The van der Waals surface area contributed by atoms with Gasteiger partial charge in [0.1, 0.15) is 0 Å². The van der Waals surface area contributed by atoms with Gasteiger partial charge in [0, 0.05) is 28.9 Å². The highest BCUT2D eigenvalue weighted by Gasteiger charge is 2.33. The van der Waals surface area contributed by atoms with Crippen molar-refractivity contribution in [1.82, 2.24) is 14.9 Å². The second kappa shape index (κ2) is 5.31. The highest BCUT2D eigenvalue weighted by atomic mass is 32.1. The summed E-state index contributed by atoms with van der Waals surface area (Å²) in [5.74, 6) is 0. The van der Waals surface area contributed by atoms with Gasteiger partial charge >= 0.3 is 0 Å². The van der Waals surface area contributed by atoms with Crippen LogP contribution in [0.3, 0.4) is 0 Å². The van der Waals surface area contributed by atoms with Gasteiger partial charge in [0.2, 0.25) is 0 Å². The Labute approximate surface area is 122 Å². The van der Waals surface area contributed by atoms with Crippen LogP contribution < -0.4 is 0 Å². The molecule has 102 valence electrons. The second-order valence-electron chi connectivity index (χ2n) is 5.53. The Bertz CT molecular complexity index is 525. The van der Waals surface area contributed by atoms with Gasteiger partial charge in [-0.1, -0.05) is 6.92 Å². The van der Waals surface area contributed by atoms with Gasteiger partial charge in [0.15, 0.2) is 0 Å². The van der Waals surface area contributed by atoms with E-state index in [2.05, 4.69) is 39.5 Å². The van der Waals surface area contributed by atoms with Crippen LogP contribution >= 0.6 is 22.7 Å². The molecule has 2 aromatic rings. The van der Waals surface area contributed by atoms with Crippen molar-refractivity contribution >= 4 is 22.7 Å². The number of likely N-dealkylation sites (tertiary alicyclic amines) is 1. The van der Waals surface area contributed by atoms with Crippen LogP contribution in [0.2, 0.25) is 0 Å². The van der Waals surface area contributed by atoms with Crippen molar-refractivity contribution in [3.8, 4) is 0 Å². The molecule has 1 saturated heterocycles. The monoisotopic (exact) mass is 293 g/mol. The Balaban J connectivity index is 1.60. The fraction of sp³-hybridized carbons (Fsp3) is 0.571. The highest BCUT2D eigenvalue weighted by molar-refractivity contribution is 7.09. The van der Waals surface area contributed by atoms with E-state index in [0.29, 0.717) is 0 Å². The Kier molecular flexibility index (Phi) is 3.69. The lowest BCUT2D eigenvalue weighted by atomic mass is 9.81. The summed E-state index contributed by atoms with van der Waals surface area (Å²) >= 11 is 3.54. The van der Waals surface area contributed by atoms with Crippen LogP contribution in [0, 0.1) is 6.92 Å². The molecule has 1 aliphatic heterocycles. The van der Waals surface area contributed by atoms with Gasteiger partial charge in [0.25, 0.3) is 0 Å². The molecule has 1 aliphatic rings. The van der Waals surface area contributed by atoms with E-state index in [-0.39, 0.29) is 5.41 Å². The van der Waals surface area contributed by atoms with E-state index in [1.807, 2.05) is 6.20 Å². The predicted octanol–water partition coefficient (Wildman–Crippen LogP) is 3.46. The van der Waals surface area contributed by atoms with Gasteiger partial charge in [-0.05, 0) is 32.9 Å². The van der Waals surface area contributed by atoms with E-state index in [1.165, 1.54) is 28.6 Å². The minimum atomic E-state index is 0.280. The highest BCUT2D eigenvalue weighted by Crippen LogP contribution is 2.36. The standard InChI is InChI=1S/C14H19N3S2/c1-11-16-12(10-19-11)9-17-6-3-14(2,4-7-17)13-15-5-8-18-13/h5,8,10H,3-4,6-7,9H2,1-2H3. The minimum Gasteiger partial charge on any atom is -0.297 e. The summed E-state index contributed by atoms with van der Waals surface area (Å²) in [7, 11) is 0. The van der Waals surface area contributed by atoms with Crippen LogP contribution in [0.1, 0.15) is 35.5 Å². The van der Waals surface area contributed by atoms with Crippen molar-refractivity contribution in [1.29, 1.82) is 0 Å². The number of piperidine rings is 1. The van der Waals surface area contributed by atoms with Crippen molar-refractivity contribution in [2.24, 2.45) is 0 Å². The third-order valence-corrected chi connectivity index (χ3v) is 5.86. The quantitative estimate of drug-likeness (QED) is 0.868. The molecule has 19 heavy (non-hydrogen) atoms. The predicted molar refractivity (Wildman–Crippen MR) is 80.8 cm³/mol. The zero-order valence-corrected chi connectivity index (χ0v) is 13.1. The van der Waals surface area contributed by atoms with Gasteiger partial charge in [0.05, 0.1) is 15.7 Å². The third-order valence-electron chi connectivity index (χ3n) is 3.96. The zero-order chi connectivity index (χ0) is 13.3. The maximum atomic E-state index is 4.56. The first-order valence-electron chi connectivity index (χ1n) is 6.69. The summed E-state index contributed by atoms with van der Waals surface area (Å²) in [6.07, 6.45) is 4.32. The van der Waals surface area contributed by atoms with Gasteiger partial charge in [-0.2, -0.15) is 0 Å². The molecule has 0 atom stereocenters. The molecule has 5 heteroatoms. The van der Waals surface area contributed by atoms with Gasteiger partial charge in [-0.15, -0.1) is 22.7 Å². The van der Waals surface area contributed by atoms with Crippen molar-refractivity contribution in [2.75, 3.05) is 13.1 Å². The molecule has 0 unspecified atom stereocenters. The first-order chi connectivity index (χ1) is 9.16. The van der Waals surface area contributed by atoms with E-state index < -0.39 is 0 Å². The van der Waals surface area contributed by atoms with Gasteiger partial charge in [-0.25, -0.2) is 9.97 Å². The van der Waals surface area contributed by atoms with Crippen LogP contribution in [0.25, 0.3) is 0 Å². The van der Waals surface area contributed by atoms with E-state index in [0.717, 1.165) is 19.6 Å².